The van der Waals surface area contributed by atoms with Crippen LogP contribution in [0.3, 0.4) is 0 Å². The lowest BCUT2D eigenvalue weighted by Crippen LogP contribution is -2.42. The van der Waals surface area contributed by atoms with Gasteiger partial charge in [0.1, 0.15) is 0 Å². The molecular formula is C17H26N2O2S. The monoisotopic (exact) mass is 322 g/mol. The van der Waals surface area contributed by atoms with Crippen molar-refractivity contribution in [1.82, 2.24) is 10.6 Å². The molecular weight excluding hydrogens is 296 g/mol. The van der Waals surface area contributed by atoms with E-state index in [9.17, 15) is 9.59 Å². The first-order chi connectivity index (χ1) is 10.4. The highest BCUT2D eigenvalue weighted by atomic mass is 32.1. The molecule has 0 bridgehead atoms. The van der Waals surface area contributed by atoms with Gasteiger partial charge in [0.05, 0.1) is 0 Å². The van der Waals surface area contributed by atoms with Crippen molar-refractivity contribution in [3.05, 3.63) is 21.4 Å². The number of aryl methyl sites for hydroxylation is 2. The first kappa shape index (κ1) is 17.2. The molecule has 2 N–H and O–H groups in total. The van der Waals surface area contributed by atoms with Crippen LogP contribution in [0.4, 0.5) is 0 Å². The van der Waals surface area contributed by atoms with Crippen LogP contribution in [0.1, 0.15) is 52.7 Å². The fourth-order valence-electron chi connectivity index (χ4n) is 2.88. The molecule has 1 fully saturated rings. The largest absolute Gasteiger partial charge is 0.356 e. The molecule has 1 amide bonds. The Kier molecular flexibility index (Phi) is 5.75. The third-order valence-corrected chi connectivity index (χ3v) is 5.41. The molecule has 2 heterocycles. The summed E-state index contributed by atoms with van der Waals surface area (Å²) in [6, 6.07) is 1.93. The molecule has 1 aliphatic rings. The zero-order chi connectivity index (χ0) is 16.2. The second-order valence-corrected chi connectivity index (χ2v) is 8.05. The number of hydrogen-bond acceptors (Lipinski definition) is 4. The van der Waals surface area contributed by atoms with Crippen molar-refractivity contribution in [2.45, 2.75) is 46.5 Å². The number of rotatable bonds is 6. The molecule has 0 spiro atoms. The van der Waals surface area contributed by atoms with Gasteiger partial charge >= 0.3 is 0 Å². The van der Waals surface area contributed by atoms with E-state index in [2.05, 4.69) is 17.6 Å². The topological polar surface area (TPSA) is 58.2 Å². The van der Waals surface area contributed by atoms with Crippen LogP contribution in [0.5, 0.6) is 0 Å². The molecule has 1 aromatic heterocycles. The summed E-state index contributed by atoms with van der Waals surface area (Å²) >= 11 is 1.63. The molecule has 1 aromatic rings. The average molecular weight is 322 g/mol. The van der Waals surface area contributed by atoms with Crippen LogP contribution in [0, 0.1) is 19.3 Å². The molecule has 122 valence electrons. The van der Waals surface area contributed by atoms with Crippen molar-refractivity contribution in [1.29, 1.82) is 0 Å². The number of ketones is 1. The number of piperidine rings is 1. The highest BCUT2D eigenvalue weighted by Crippen LogP contribution is 2.26. The van der Waals surface area contributed by atoms with Crippen LogP contribution in [0.2, 0.25) is 0 Å². The van der Waals surface area contributed by atoms with E-state index in [1.54, 1.807) is 11.3 Å². The van der Waals surface area contributed by atoms with E-state index in [1.807, 2.05) is 19.9 Å². The quantitative estimate of drug-likeness (QED) is 0.792. The Bertz CT molecular complexity index is 545. The molecule has 22 heavy (non-hydrogen) atoms. The minimum atomic E-state index is -0.0160. The summed E-state index contributed by atoms with van der Waals surface area (Å²) in [6.07, 6.45) is 2.74. The third kappa shape index (κ3) is 4.65. The maximum atomic E-state index is 12.2. The lowest BCUT2D eigenvalue weighted by Gasteiger charge is -2.34. The molecule has 4 nitrogen and oxygen atoms in total. The van der Waals surface area contributed by atoms with Gasteiger partial charge < -0.3 is 10.6 Å². The summed E-state index contributed by atoms with van der Waals surface area (Å²) in [7, 11) is 0. The Morgan fingerprint density at radius 1 is 1.27 bits per heavy atom. The minimum Gasteiger partial charge on any atom is -0.356 e. The van der Waals surface area contributed by atoms with E-state index in [1.165, 1.54) is 0 Å². The van der Waals surface area contributed by atoms with Crippen LogP contribution in [-0.2, 0) is 4.79 Å². The molecule has 0 aromatic carbocycles. The van der Waals surface area contributed by atoms with Crippen molar-refractivity contribution in [2.75, 3.05) is 19.6 Å². The number of nitrogens with one attached hydrogen (secondary N) is 2. The Morgan fingerprint density at radius 3 is 2.55 bits per heavy atom. The van der Waals surface area contributed by atoms with Crippen LogP contribution in [-0.4, -0.2) is 31.3 Å². The summed E-state index contributed by atoms with van der Waals surface area (Å²) in [4.78, 5) is 26.3. The Balaban J connectivity index is 1.75. The van der Waals surface area contributed by atoms with E-state index >= 15 is 0 Å². The molecule has 0 radical (unpaired) electrons. The van der Waals surface area contributed by atoms with Gasteiger partial charge in [0, 0.05) is 34.7 Å². The van der Waals surface area contributed by atoms with Crippen molar-refractivity contribution < 1.29 is 9.59 Å². The average Bonchev–Trinajstić information content (AvgIpc) is 2.82. The van der Waals surface area contributed by atoms with E-state index < -0.39 is 0 Å². The SMILES string of the molecule is Cc1cc(C(=O)CCC(=O)NCC2(C)CCNCC2)c(C)s1. The van der Waals surface area contributed by atoms with E-state index in [0.29, 0.717) is 13.0 Å². The summed E-state index contributed by atoms with van der Waals surface area (Å²) in [6.45, 7) is 8.92. The lowest BCUT2D eigenvalue weighted by atomic mass is 9.81. The van der Waals surface area contributed by atoms with Crippen molar-refractivity contribution in [3.8, 4) is 0 Å². The van der Waals surface area contributed by atoms with Gasteiger partial charge in [-0.3, -0.25) is 9.59 Å². The molecule has 1 saturated heterocycles. The number of carbonyl (C=O) groups excluding carboxylic acids is 2. The van der Waals surface area contributed by atoms with E-state index in [4.69, 9.17) is 0 Å². The van der Waals surface area contributed by atoms with Crippen molar-refractivity contribution in [3.63, 3.8) is 0 Å². The number of amides is 1. The normalized spacial score (nSPS) is 17.2. The fourth-order valence-corrected chi connectivity index (χ4v) is 3.82. The summed E-state index contributed by atoms with van der Waals surface area (Å²) < 4.78 is 0. The first-order valence-corrected chi connectivity index (χ1v) is 8.79. The molecule has 0 saturated carbocycles. The minimum absolute atomic E-state index is 0.0160. The molecule has 0 aliphatic carbocycles. The van der Waals surface area contributed by atoms with Crippen molar-refractivity contribution in [2.24, 2.45) is 5.41 Å². The second-order valence-electron chi connectivity index (χ2n) is 6.59. The lowest BCUT2D eigenvalue weighted by molar-refractivity contribution is -0.121. The third-order valence-electron chi connectivity index (χ3n) is 4.44. The van der Waals surface area contributed by atoms with E-state index in [0.717, 1.165) is 41.2 Å². The number of hydrogen-bond donors (Lipinski definition) is 2. The molecule has 0 atom stereocenters. The number of thiophene rings is 1. The van der Waals surface area contributed by atoms with Gasteiger partial charge in [-0.1, -0.05) is 6.92 Å². The number of carbonyl (C=O) groups is 2. The maximum Gasteiger partial charge on any atom is 0.220 e. The van der Waals surface area contributed by atoms with E-state index in [-0.39, 0.29) is 23.5 Å². The Labute approximate surface area is 136 Å². The Hall–Kier alpha value is -1.20. The van der Waals surface area contributed by atoms with Gasteiger partial charge in [0.15, 0.2) is 5.78 Å². The van der Waals surface area contributed by atoms with Crippen molar-refractivity contribution >= 4 is 23.0 Å². The predicted octanol–water partition coefficient (Wildman–Crippen LogP) is 2.83. The van der Waals surface area contributed by atoms with Gasteiger partial charge in [0.2, 0.25) is 5.91 Å². The Morgan fingerprint density at radius 2 is 1.95 bits per heavy atom. The predicted molar refractivity (Wildman–Crippen MR) is 90.6 cm³/mol. The molecule has 1 aliphatic heterocycles. The zero-order valence-corrected chi connectivity index (χ0v) is 14.6. The van der Waals surface area contributed by atoms with Gasteiger partial charge in [-0.05, 0) is 51.3 Å². The first-order valence-electron chi connectivity index (χ1n) is 7.97. The summed E-state index contributed by atoms with van der Waals surface area (Å²) in [5, 5.41) is 6.34. The van der Waals surface area contributed by atoms with Gasteiger partial charge in [-0.25, -0.2) is 0 Å². The summed E-state index contributed by atoms with van der Waals surface area (Å²) in [5.74, 6) is 0.0581. The summed E-state index contributed by atoms with van der Waals surface area (Å²) in [5.41, 5.74) is 0.965. The van der Waals surface area contributed by atoms with Gasteiger partial charge in [-0.15, -0.1) is 11.3 Å². The van der Waals surface area contributed by atoms with Crippen LogP contribution in [0.25, 0.3) is 0 Å². The fraction of sp³-hybridized carbons (Fsp3) is 0.647. The van der Waals surface area contributed by atoms with Crippen LogP contribution < -0.4 is 10.6 Å². The second kappa shape index (κ2) is 7.38. The highest BCUT2D eigenvalue weighted by Gasteiger charge is 2.27. The van der Waals surface area contributed by atoms with Crippen LogP contribution in [0.15, 0.2) is 6.07 Å². The van der Waals surface area contributed by atoms with Crippen LogP contribution >= 0.6 is 11.3 Å². The molecule has 0 unspecified atom stereocenters. The van der Waals surface area contributed by atoms with Gasteiger partial charge in [0.25, 0.3) is 0 Å². The molecule has 2 rings (SSSR count). The number of Topliss-reactive ketones (excluding diaryl/α,β-unsaturated/α-hetero) is 1. The highest BCUT2D eigenvalue weighted by molar-refractivity contribution is 7.12. The smallest absolute Gasteiger partial charge is 0.220 e. The zero-order valence-electron chi connectivity index (χ0n) is 13.8. The maximum absolute atomic E-state index is 12.2. The molecule has 5 heteroatoms. The van der Waals surface area contributed by atoms with Gasteiger partial charge in [-0.2, -0.15) is 0 Å². The standard InChI is InChI=1S/C17H26N2O2S/c1-12-10-14(13(2)22-12)15(20)4-5-16(21)19-11-17(3)6-8-18-9-7-17/h10,18H,4-9,11H2,1-3H3,(H,19,21).